The molecule has 5 nitrogen and oxygen atoms in total. The van der Waals surface area contributed by atoms with Crippen molar-refractivity contribution in [2.75, 3.05) is 11.9 Å². The monoisotopic (exact) mass is 272 g/mol. The molecule has 18 heavy (non-hydrogen) atoms. The summed E-state index contributed by atoms with van der Waals surface area (Å²) < 4.78 is 5.22. The first-order valence-electron chi connectivity index (χ1n) is 6.36. The van der Waals surface area contributed by atoms with Crippen LogP contribution in [0.3, 0.4) is 0 Å². The summed E-state index contributed by atoms with van der Waals surface area (Å²) in [5, 5.41) is 3.37. The van der Waals surface area contributed by atoms with E-state index in [0.717, 1.165) is 12.8 Å². The Hall–Kier alpha value is -1.10. The number of nitrogens with zero attached hydrogens (tertiary/aromatic N) is 3. The van der Waals surface area contributed by atoms with Crippen LogP contribution in [-0.2, 0) is 0 Å². The molecule has 1 heterocycles. The lowest BCUT2D eigenvalue weighted by atomic mass is 10.0. The van der Waals surface area contributed by atoms with E-state index >= 15 is 0 Å². The maximum absolute atomic E-state index is 5.82. The van der Waals surface area contributed by atoms with Gasteiger partial charge in [0, 0.05) is 6.04 Å². The van der Waals surface area contributed by atoms with Gasteiger partial charge in [0.2, 0.25) is 11.2 Å². The number of hydrogen-bond acceptors (Lipinski definition) is 5. The van der Waals surface area contributed by atoms with Crippen molar-refractivity contribution in [1.29, 1.82) is 0 Å². The van der Waals surface area contributed by atoms with Crippen LogP contribution in [0.25, 0.3) is 0 Å². The molecule has 102 valence electrons. The average Bonchev–Trinajstić information content (AvgIpc) is 2.28. The Morgan fingerprint density at radius 2 is 1.94 bits per heavy atom. The summed E-state index contributed by atoms with van der Waals surface area (Å²) in [6.45, 7) is 8.89. The Kier molecular flexibility index (Phi) is 6.12. The van der Waals surface area contributed by atoms with Crippen molar-refractivity contribution >= 4 is 17.5 Å². The molecule has 1 aromatic heterocycles. The fourth-order valence-corrected chi connectivity index (χ4v) is 1.79. The lowest BCUT2D eigenvalue weighted by molar-refractivity contribution is 0.311. The van der Waals surface area contributed by atoms with Gasteiger partial charge in [-0.05, 0) is 37.8 Å². The molecule has 0 aliphatic carbocycles. The third-order valence-corrected chi connectivity index (χ3v) is 2.86. The van der Waals surface area contributed by atoms with Crippen LogP contribution in [0.15, 0.2) is 0 Å². The van der Waals surface area contributed by atoms with E-state index in [-0.39, 0.29) is 17.3 Å². The Morgan fingerprint density at radius 3 is 2.56 bits per heavy atom. The molecule has 0 amide bonds. The summed E-state index contributed by atoms with van der Waals surface area (Å²) in [7, 11) is 0. The molecular weight excluding hydrogens is 252 g/mol. The number of anilines is 1. The van der Waals surface area contributed by atoms with Crippen molar-refractivity contribution < 1.29 is 4.74 Å². The third-order valence-electron chi connectivity index (χ3n) is 2.69. The van der Waals surface area contributed by atoms with Gasteiger partial charge >= 0.3 is 6.01 Å². The maximum atomic E-state index is 5.82. The zero-order valence-electron chi connectivity index (χ0n) is 11.4. The van der Waals surface area contributed by atoms with Crippen LogP contribution in [0, 0.1) is 5.92 Å². The summed E-state index contributed by atoms with van der Waals surface area (Å²) in [5.41, 5.74) is 0. The second-order valence-electron chi connectivity index (χ2n) is 4.44. The number of ether oxygens (including phenoxy) is 1. The lowest BCUT2D eigenvalue weighted by Gasteiger charge is -2.17. The first-order valence-corrected chi connectivity index (χ1v) is 6.73. The van der Waals surface area contributed by atoms with Crippen LogP contribution in [0.5, 0.6) is 6.01 Å². The van der Waals surface area contributed by atoms with Crippen molar-refractivity contribution in [3.8, 4) is 6.01 Å². The molecule has 0 saturated carbocycles. The van der Waals surface area contributed by atoms with E-state index in [1.165, 1.54) is 0 Å². The highest BCUT2D eigenvalue weighted by molar-refractivity contribution is 6.28. The normalized spacial score (nSPS) is 14.1. The summed E-state index contributed by atoms with van der Waals surface area (Å²) in [6.07, 6.45) is 2.22. The van der Waals surface area contributed by atoms with Crippen molar-refractivity contribution in [2.45, 2.75) is 46.6 Å². The van der Waals surface area contributed by atoms with Crippen molar-refractivity contribution in [3.63, 3.8) is 0 Å². The van der Waals surface area contributed by atoms with E-state index in [2.05, 4.69) is 41.0 Å². The number of aromatic nitrogens is 3. The van der Waals surface area contributed by atoms with Crippen LogP contribution in [0.2, 0.25) is 5.28 Å². The Balaban J connectivity index is 2.65. The summed E-state index contributed by atoms with van der Waals surface area (Å²) in [6, 6.07) is 0.545. The number of hydrogen-bond donors (Lipinski definition) is 1. The van der Waals surface area contributed by atoms with E-state index in [1.807, 2.05) is 6.92 Å². The van der Waals surface area contributed by atoms with E-state index in [1.54, 1.807) is 0 Å². The molecule has 0 aliphatic heterocycles. The van der Waals surface area contributed by atoms with Gasteiger partial charge < -0.3 is 10.1 Å². The van der Waals surface area contributed by atoms with Gasteiger partial charge in [-0.1, -0.05) is 20.3 Å². The fraction of sp³-hybridized carbons (Fsp3) is 0.750. The minimum Gasteiger partial charge on any atom is -0.464 e. The van der Waals surface area contributed by atoms with Crippen LogP contribution in [0.1, 0.15) is 40.5 Å². The van der Waals surface area contributed by atoms with Gasteiger partial charge in [-0.2, -0.15) is 15.0 Å². The molecule has 0 saturated heterocycles. The Morgan fingerprint density at radius 1 is 1.22 bits per heavy atom. The molecule has 0 bridgehead atoms. The molecule has 0 radical (unpaired) electrons. The van der Waals surface area contributed by atoms with Crippen LogP contribution < -0.4 is 10.1 Å². The SMILES string of the molecule is CCOc1nc(Cl)nc(NC(C)CC(C)CC)n1. The predicted molar refractivity (Wildman–Crippen MR) is 73.2 cm³/mol. The van der Waals surface area contributed by atoms with Gasteiger partial charge in [0.05, 0.1) is 6.61 Å². The Labute approximate surface area is 113 Å². The van der Waals surface area contributed by atoms with E-state index in [0.29, 0.717) is 18.5 Å². The minimum atomic E-state index is 0.145. The largest absolute Gasteiger partial charge is 0.464 e. The van der Waals surface area contributed by atoms with Crippen molar-refractivity contribution in [2.24, 2.45) is 5.92 Å². The molecular formula is C12H21ClN4O. The molecule has 1 rings (SSSR count). The Bertz CT molecular complexity index is 375. The molecule has 0 fully saturated rings. The molecule has 2 atom stereocenters. The number of halogens is 1. The smallest absolute Gasteiger partial charge is 0.322 e. The van der Waals surface area contributed by atoms with Gasteiger partial charge in [-0.3, -0.25) is 0 Å². The molecule has 2 unspecified atom stereocenters. The highest BCUT2D eigenvalue weighted by Gasteiger charge is 2.11. The van der Waals surface area contributed by atoms with Crippen LogP contribution in [0.4, 0.5) is 5.95 Å². The van der Waals surface area contributed by atoms with Gasteiger partial charge in [-0.25, -0.2) is 0 Å². The molecule has 1 aromatic rings. The predicted octanol–water partition coefficient (Wildman–Crippen LogP) is 3.16. The third kappa shape index (κ3) is 5.04. The highest BCUT2D eigenvalue weighted by Crippen LogP contribution is 2.15. The first-order chi connectivity index (χ1) is 8.55. The molecule has 0 spiro atoms. The maximum Gasteiger partial charge on any atom is 0.322 e. The van der Waals surface area contributed by atoms with Gasteiger partial charge in [0.25, 0.3) is 0 Å². The molecule has 6 heteroatoms. The van der Waals surface area contributed by atoms with Gasteiger partial charge in [-0.15, -0.1) is 0 Å². The average molecular weight is 273 g/mol. The lowest BCUT2D eigenvalue weighted by Crippen LogP contribution is -2.20. The number of nitrogens with one attached hydrogen (secondary N) is 1. The first kappa shape index (κ1) is 15.0. The zero-order chi connectivity index (χ0) is 13.5. The van der Waals surface area contributed by atoms with E-state index in [9.17, 15) is 0 Å². The molecule has 0 aliphatic rings. The fourth-order valence-electron chi connectivity index (χ4n) is 1.64. The van der Waals surface area contributed by atoms with Crippen LogP contribution >= 0.6 is 11.6 Å². The van der Waals surface area contributed by atoms with Crippen molar-refractivity contribution in [3.05, 3.63) is 5.28 Å². The van der Waals surface area contributed by atoms with E-state index in [4.69, 9.17) is 16.3 Å². The second kappa shape index (κ2) is 7.36. The van der Waals surface area contributed by atoms with E-state index < -0.39 is 0 Å². The number of rotatable bonds is 7. The highest BCUT2D eigenvalue weighted by atomic mass is 35.5. The van der Waals surface area contributed by atoms with Crippen LogP contribution in [-0.4, -0.2) is 27.6 Å². The zero-order valence-corrected chi connectivity index (χ0v) is 12.2. The second-order valence-corrected chi connectivity index (χ2v) is 4.78. The van der Waals surface area contributed by atoms with Gasteiger partial charge in [0.1, 0.15) is 0 Å². The topological polar surface area (TPSA) is 59.9 Å². The quantitative estimate of drug-likeness (QED) is 0.826. The summed E-state index contributed by atoms with van der Waals surface area (Å²) in [5.74, 6) is 1.13. The minimum absolute atomic E-state index is 0.145. The summed E-state index contributed by atoms with van der Waals surface area (Å²) in [4.78, 5) is 12.1. The van der Waals surface area contributed by atoms with Crippen molar-refractivity contribution in [1.82, 2.24) is 15.0 Å². The van der Waals surface area contributed by atoms with Gasteiger partial charge in [0.15, 0.2) is 0 Å². The molecule has 1 N–H and O–H groups in total. The molecule has 0 aromatic carbocycles. The standard InChI is InChI=1S/C12H21ClN4O/c1-5-8(3)7-9(4)14-11-15-10(13)16-12(17-11)18-6-2/h8-9H,5-7H2,1-4H3,(H,14,15,16,17). The summed E-state index contributed by atoms with van der Waals surface area (Å²) >= 11 is 5.82.